The van der Waals surface area contributed by atoms with Gasteiger partial charge in [0.05, 0.1) is 18.0 Å². The highest BCUT2D eigenvalue weighted by Gasteiger charge is 2.44. The number of aryl methyl sites for hydroxylation is 1. The number of sulfonamides is 1. The maximum atomic E-state index is 14.5. The van der Waals surface area contributed by atoms with Gasteiger partial charge in [-0.1, -0.05) is 45.0 Å². The van der Waals surface area contributed by atoms with E-state index in [0.29, 0.717) is 17.7 Å². The van der Waals surface area contributed by atoms with Gasteiger partial charge in [-0.3, -0.25) is 9.52 Å². The zero-order chi connectivity index (χ0) is 23.1. The van der Waals surface area contributed by atoms with E-state index in [0.717, 1.165) is 22.9 Å². The summed E-state index contributed by atoms with van der Waals surface area (Å²) < 4.78 is 39.9. The topological polar surface area (TPSA) is 75.3 Å². The van der Waals surface area contributed by atoms with Crippen molar-refractivity contribution in [1.29, 1.82) is 0 Å². The molecular formula is C24H31FN2O3S. The molecule has 1 aliphatic rings. The minimum absolute atomic E-state index is 0.0405. The van der Waals surface area contributed by atoms with Crippen LogP contribution in [0.3, 0.4) is 0 Å². The first-order valence-electron chi connectivity index (χ1n) is 10.4. The van der Waals surface area contributed by atoms with Crippen LogP contribution in [0.4, 0.5) is 10.1 Å². The largest absolute Gasteiger partial charge is 0.349 e. The van der Waals surface area contributed by atoms with Gasteiger partial charge in [0, 0.05) is 5.92 Å². The first-order chi connectivity index (χ1) is 14.3. The fraction of sp³-hybridized carbons (Fsp3) is 0.458. The highest BCUT2D eigenvalue weighted by Crippen LogP contribution is 2.48. The van der Waals surface area contributed by atoms with Crippen LogP contribution >= 0.6 is 0 Å². The zero-order valence-corrected chi connectivity index (χ0v) is 19.7. The van der Waals surface area contributed by atoms with Gasteiger partial charge in [0.25, 0.3) is 0 Å². The van der Waals surface area contributed by atoms with Crippen LogP contribution in [0.2, 0.25) is 0 Å². The van der Waals surface area contributed by atoms with Crippen molar-refractivity contribution >= 4 is 21.6 Å². The molecule has 0 aliphatic heterocycles. The number of carbonyl (C=O) groups excluding carboxylic acids is 1. The van der Waals surface area contributed by atoms with E-state index < -0.39 is 10.0 Å². The normalized spacial score (nSPS) is 19.6. The number of hydrogen-bond acceptors (Lipinski definition) is 3. The summed E-state index contributed by atoms with van der Waals surface area (Å²) in [7, 11) is -3.35. The second-order valence-electron chi connectivity index (χ2n) is 9.62. The smallest absolute Gasteiger partial charge is 0.229 e. The molecule has 1 saturated carbocycles. The van der Waals surface area contributed by atoms with Crippen molar-refractivity contribution in [3.05, 3.63) is 64.5 Å². The van der Waals surface area contributed by atoms with Crippen LogP contribution in [0, 0.1) is 18.7 Å². The van der Waals surface area contributed by atoms with Gasteiger partial charge in [-0.15, -0.1) is 0 Å². The molecule has 3 atom stereocenters. The molecule has 2 aromatic carbocycles. The lowest BCUT2D eigenvalue weighted by Gasteiger charge is -2.20. The van der Waals surface area contributed by atoms with Gasteiger partial charge in [-0.05, 0) is 66.0 Å². The molecule has 5 nitrogen and oxygen atoms in total. The second kappa shape index (κ2) is 8.26. The molecule has 1 fully saturated rings. The molecule has 0 saturated heterocycles. The zero-order valence-electron chi connectivity index (χ0n) is 18.9. The Morgan fingerprint density at radius 1 is 1.16 bits per heavy atom. The van der Waals surface area contributed by atoms with E-state index >= 15 is 0 Å². The number of benzene rings is 2. The third-order valence-electron chi connectivity index (χ3n) is 5.76. The molecule has 0 heterocycles. The molecule has 7 heteroatoms. The van der Waals surface area contributed by atoms with Gasteiger partial charge in [-0.25, -0.2) is 12.8 Å². The lowest BCUT2D eigenvalue weighted by molar-refractivity contribution is -0.123. The summed E-state index contributed by atoms with van der Waals surface area (Å²) in [5.41, 5.74) is 3.47. The van der Waals surface area contributed by atoms with Crippen molar-refractivity contribution in [1.82, 2.24) is 5.32 Å². The van der Waals surface area contributed by atoms with E-state index in [2.05, 4.69) is 10.0 Å². The highest BCUT2D eigenvalue weighted by atomic mass is 32.2. The van der Waals surface area contributed by atoms with Crippen LogP contribution in [0.1, 0.15) is 68.3 Å². The van der Waals surface area contributed by atoms with Crippen LogP contribution < -0.4 is 10.0 Å². The fourth-order valence-electron chi connectivity index (χ4n) is 3.90. The molecule has 31 heavy (non-hydrogen) atoms. The summed E-state index contributed by atoms with van der Waals surface area (Å²) in [6.45, 7) is 9.64. The average Bonchev–Trinajstić information content (AvgIpc) is 3.42. The average molecular weight is 447 g/mol. The molecule has 2 aromatic rings. The monoisotopic (exact) mass is 446 g/mol. The first-order valence-corrected chi connectivity index (χ1v) is 12.3. The van der Waals surface area contributed by atoms with Crippen molar-refractivity contribution in [2.75, 3.05) is 11.0 Å². The Kier molecular flexibility index (Phi) is 6.20. The summed E-state index contributed by atoms with van der Waals surface area (Å²) in [5.74, 6) is -0.384. The third-order valence-corrected chi connectivity index (χ3v) is 6.35. The molecule has 0 aromatic heterocycles. The Balaban J connectivity index is 1.64. The SMILES string of the molecule is Cc1cc(C(C)NC(=O)C2CC2c2ccc(C(C)(C)C)c(F)c2)ccc1NS(C)(=O)=O. The number of anilines is 1. The fourth-order valence-corrected chi connectivity index (χ4v) is 4.53. The van der Waals surface area contributed by atoms with Crippen molar-refractivity contribution in [3.63, 3.8) is 0 Å². The number of amides is 1. The van der Waals surface area contributed by atoms with Crippen molar-refractivity contribution in [2.45, 2.75) is 58.4 Å². The van der Waals surface area contributed by atoms with Gasteiger partial charge in [0.2, 0.25) is 15.9 Å². The molecule has 3 rings (SSSR count). The predicted octanol–water partition coefficient (Wildman–Crippen LogP) is 4.78. The summed E-state index contributed by atoms with van der Waals surface area (Å²) in [6, 6.07) is 10.5. The Bertz CT molecular complexity index is 1110. The molecule has 3 unspecified atom stereocenters. The van der Waals surface area contributed by atoms with E-state index in [1.807, 2.05) is 52.8 Å². The van der Waals surface area contributed by atoms with Crippen LogP contribution in [0.25, 0.3) is 0 Å². The van der Waals surface area contributed by atoms with Crippen LogP contribution in [-0.4, -0.2) is 20.6 Å². The van der Waals surface area contributed by atoms with Crippen LogP contribution in [0.5, 0.6) is 0 Å². The predicted molar refractivity (Wildman–Crippen MR) is 122 cm³/mol. The molecular weight excluding hydrogens is 415 g/mol. The summed E-state index contributed by atoms with van der Waals surface area (Å²) >= 11 is 0. The summed E-state index contributed by atoms with van der Waals surface area (Å²) in [4.78, 5) is 12.7. The van der Waals surface area contributed by atoms with E-state index in [1.165, 1.54) is 0 Å². The molecule has 168 valence electrons. The second-order valence-corrected chi connectivity index (χ2v) is 11.4. The van der Waals surface area contributed by atoms with Gasteiger partial charge >= 0.3 is 0 Å². The van der Waals surface area contributed by atoms with E-state index in [9.17, 15) is 17.6 Å². The van der Waals surface area contributed by atoms with Gasteiger partial charge < -0.3 is 5.32 Å². The van der Waals surface area contributed by atoms with E-state index in [1.54, 1.807) is 18.2 Å². The molecule has 1 aliphatic carbocycles. The molecule has 0 bridgehead atoms. The molecule has 2 N–H and O–H groups in total. The third kappa shape index (κ3) is 5.64. The van der Waals surface area contributed by atoms with Gasteiger partial charge in [0.1, 0.15) is 5.82 Å². The Labute approximate surface area is 184 Å². The summed E-state index contributed by atoms with van der Waals surface area (Å²) in [6.07, 6.45) is 1.82. The lowest BCUT2D eigenvalue weighted by Crippen LogP contribution is -2.28. The Hall–Kier alpha value is -2.41. The lowest BCUT2D eigenvalue weighted by atomic mass is 9.86. The van der Waals surface area contributed by atoms with Crippen LogP contribution in [0.15, 0.2) is 36.4 Å². The van der Waals surface area contributed by atoms with E-state index in [4.69, 9.17) is 0 Å². The standard InChI is InChI=1S/C24H31FN2O3S/c1-14-11-16(8-10-22(14)27-31(6,29)30)15(2)26-23(28)19-13-18(19)17-7-9-20(21(25)12-17)24(3,4)5/h7-12,15,18-19,27H,13H2,1-6H3,(H,26,28). The maximum absolute atomic E-state index is 14.5. The molecule has 0 spiro atoms. The number of nitrogens with one attached hydrogen (secondary N) is 2. The highest BCUT2D eigenvalue weighted by molar-refractivity contribution is 7.92. The van der Waals surface area contributed by atoms with Gasteiger partial charge in [-0.2, -0.15) is 0 Å². The molecule has 1 amide bonds. The quantitative estimate of drug-likeness (QED) is 0.670. The van der Waals surface area contributed by atoms with Crippen molar-refractivity contribution in [2.24, 2.45) is 5.92 Å². The van der Waals surface area contributed by atoms with Gasteiger partial charge in [0.15, 0.2) is 0 Å². The summed E-state index contributed by atoms with van der Waals surface area (Å²) in [5, 5.41) is 3.03. The van der Waals surface area contributed by atoms with Crippen LogP contribution in [-0.2, 0) is 20.2 Å². The van der Waals surface area contributed by atoms with Crippen molar-refractivity contribution < 1.29 is 17.6 Å². The van der Waals surface area contributed by atoms with Crippen molar-refractivity contribution in [3.8, 4) is 0 Å². The molecule has 0 radical (unpaired) electrons. The Morgan fingerprint density at radius 2 is 1.84 bits per heavy atom. The number of rotatable bonds is 6. The number of hydrogen-bond donors (Lipinski definition) is 2. The minimum atomic E-state index is -3.35. The number of carbonyl (C=O) groups is 1. The Morgan fingerprint density at radius 3 is 2.39 bits per heavy atom. The maximum Gasteiger partial charge on any atom is 0.229 e. The van der Waals surface area contributed by atoms with E-state index in [-0.39, 0.29) is 35.0 Å². The first kappa shape index (κ1) is 23.3. The number of halogens is 1. The minimum Gasteiger partial charge on any atom is -0.349 e.